The number of hydrogen-bond acceptors (Lipinski definition) is 2. The molecule has 12 heavy (non-hydrogen) atoms. The van der Waals surface area contributed by atoms with E-state index in [0.29, 0.717) is 12.3 Å². The van der Waals surface area contributed by atoms with Gasteiger partial charge in [0, 0.05) is 24.6 Å². The lowest BCUT2D eigenvalue weighted by Crippen LogP contribution is -2.00. The summed E-state index contributed by atoms with van der Waals surface area (Å²) >= 11 is 0. The summed E-state index contributed by atoms with van der Waals surface area (Å²) in [6.45, 7) is 0.910. The van der Waals surface area contributed by atoms with Crippen molar-refractivity contribution in [1.29, 1.82) is 5.26 Å². The van der Waals surface area contributed by atoms with Crippen LogP contribution in [0.2, 0.25) is 0 Å². The van der Waals surface area contributed by atoms with Gasteiger partial charge in [-0.15, -0.1) is 0 Å². The molecule has 2 nitrogen and oxygen atoms in total. The van der Waals surface area contributed by atoms with E-state index in [1.165, 1.54) is 11.3 Å². The minimum Gasteiger partial charge on any atom is -0.384 e. The lowest BCUT2D eigenvalue weighted by atomic mass is 9.99. The van der Waals surface area contributed by atoms with Gasteiger partial charge in [-0.1, -0.05) is 18.2 Å². The van der Waals surface area contributed by atoms with Gasteiger partial charge in [-0.25, -0.2) is 0 Å². The first-order valence-electron chi connectivity index (χ1n) is 4.11. The maximum Gasteiger partial charge on any atom is 0.0628 e. The highest BCUT2D eigenvalue weighted by Crippen LogP contribution is 2.32. The number of nitriles is 1. The van der Waals surface area contributed by atoms with E-state index in [0.717, 1.165) is 6.54 Å². The second kappa shape index (κ2) is 2.86. The van der Waals surface area contributed by atoms with Crippen molar-refractivity contribution in [3.05, 3.63) is 29.8 Å². The SMILES string of the molecule is N#CCC1CNc2ccccc21. The fraction of sp³-hybridized carbons (Fsp3) is 0.300. The molecule has 0 amide bonds. The Morgan fingerprint density at radius 3 is 3.17 bits per heavy atom. The Bertz CT molecular complexity index is 325. The van der Waals surface area contributed by atoms with Crippen LogP contribution in [0.4, 0.5) is 5.69 Å². The molecule has 60 valence electrons. The van der Waals surface area contributed by atoms with Crippen LogP contribution in [0.15, 0.2) is 24.3 Å². The average Bonchev–Trinajstić information content (AvgIpc) is 2.50. The van der Waals surface area contributed by atoms with Gasteiger partial charge in [0.2, 0.25) is 0 Å². The molecular weight excluding hydrogens is 148 g/mol. The monoisotopic (exact) mass is 158 g/mol. The summed E-state index contributed by atoms with van der Waals surface area (Å²) in [4.78, 5) is 0. The van der Waals surface area contributed by atoms with Gasteiger partial charge < -0.3 is 5.32 Å². The highest BCUT2D eigenvalue weighted by molar-refractivity contribution is 5.57. The van der Waals surface area contributed by atoms with Gasteiger partial charge in [-0.05, 0) is 11.6 Å². The summed E-state index contributed by atoms with van der Waals surface area (Å²) in [6.07, 6.45) is 0.615. The van der Waals surface area contributed by atoms with Crippen LogP contribution in [-0.2, 0) is 0 Å². The molecule has 0 bridgehead atoms. The van der Waals surface area contributed by atoms with E-state index in [9.17, 15) is 0 Å². The number of anilines is 1. The summed E-state index contributed by atoms with van der Waals surface area (Å²) in [5.74, 6) is 0.395. The first-order chi connectivity index (χ1) is 5.92. The molecule has 2 rings (SSSR count). The third-order valence-corrected chi connectivity index (χ3v) is 2.28. The van der Waals surface area contributed by atoms with Crippen molar-refractivity contribution in [2.75, 3.05) is 11.9 Å². The molecule has 1 aromatic rings. The first kappa shape index (κ1) is 7.17. The van der Waals surface area contributed by atoms with E-state index >= 15 is 0 Å². The van der Waals surface area contributed by atoms with Crippen molar-refractivity contribution < 1.29 is 0 Å². The van der Waals surface area contributed by atoms with Crippen molar-refractivity contribution in [2.24, 2.45) is 0 Å². The number of nitrogens with one attached hydrogen (secondary N) is 1. The van der Waals surface area contributed by atoms with Crippen molar-refractivity contribution in [1.82, 2.24) is 0 Å². The van der Waals surface area contributed by atoms with Gasteiger partial charge in [-0.2, -0.15) is 5.26 Å². The predicted molar refractivity (Wildman–Crippen MR) is 47.9 cm³/mol. The zero-order valence-corrected chi connectivity index (χ0v) is 6.75. The molecule has 2 heteroatoms. The van der Waals surface area contributed by atoms with Crippen molar-refractivity contribution >= 4 is 5.69 Å². The quantitative estimate of drug-likeness (QED) is 0.679. The maximum atomic E-state index is 8.57. The Morgan fingerprint density at radius 1 is 1.50 bits per heavy atom. The average molecular weight is 158 g/mol. The van der Waals surface area contributed by atoms with E-state index in [4.69, 9.17) is 5.26 Å². The zero-order valence-electron chi connectivity index (χ0n) is 6.75. The Kier molecular flexibility index (Phi) is 1.71. The summed E-state index contributed by atoms with van der Waals surface area (Å²) in [6, 6.07) is 10.4. The molecule has 1 heterocycles. The standard InChI is InChI=1S/C10H10N2/c11-6-5-8-7-12-10-4-2-1-3-9(8)10/h1-4,8,12H,5,7H2. The van der Waals surface area contributed by atoms with Gasteiger partial charge in [0.1, 0.15) is 0 Å². The molecule has 0 saturated carbocycles. The topological polar surface area (TPSA) is 35.8 Å². The largest absolute Gasteiger partial charge is 0.384 e. The van der Waals surface area contributed by atoms with Crippen LogP contribution in [0.5, 0.6) is 0 Å². The molecule has 0 saturated heterocycles. The van der Waals surface area contributed by atoms with E-state index < -0.39 is 0 Å². The normalized spacial score (nSPS) is 19.4. The highest BCUT2D eigenvalue weighted by Gasteiger charge is 2.20. The molecule has 0 aromatic heterocycles. The van der Waals surface area contributed by atoms with Crippen LogP contribution in [-0.4, -0.2) is 6.54 Å². The van der Waals surface area contributed by atoms with E-state index in [1.54, 1.807) is 0 Å². The second-order valence-corrected chi connectivity index (χ2v) is 3.03. The lowest BCUT2D eigenvalue weighted by Gasteiger charge is -2.02. The summed E-state index contributed by atoms with van der Waals surface area (Å²) in [7, 11) is 0. The van der Waals surface area contributed by atoms with Gasteiger partial charge in [-0.3, -0.25) is 0 Å². The first-order valence-corrected chi connectivity index (χ1v) is 4.11. The summed E-state index contributed by atoms with van der Waals surface area (Å²) in [5.41, 5.74) is 2.48. The predicted octanol–water partition coefficient (Wildman–Crippen LogP) is 2.11. The molecule has 0 aliphatic carbocycles. The van der Waals surface area contributed by atoms with E-state index in [1.807, 2.05) is 12.1 Å². The Labute approximate surface area is 71.8 Å². The molecule has 0 radical (unpaired) electrons. The van der Waals surface area contributed by atoms with Gasteiger partial charge in [0.15, 0.2) is 0 Å². The smallest absolute Gasteiger partial charge is 0.0628 e. The Balaban J connectivity index is 2.31. The van der Waals surface area contributed by atoms with Crippen LogP contribution >= 0.6 is 0 Å². The third-order valence-electron chi connectivity index (χ3n) is 2.28. The maximum absolute atomic E-state index is 8.57. The minimum absolute atomic E-state index is 0.395. The summed E-state index contributed by atoms with van der Waals surface area (Å²) < 4.78 is 0. The zero-order chi connectivity index (χ0) is 8.39. The molecule has 1 atom stereocenters. The van der Waals surface area contributed by atoms with Crippen molar-refractivity contribution in [2.45, 2.75) is 12.3 Å². The molecule has 1 N–H and O–H groups in total. The number of benzene rings is 1. The molecule has 1 unspecified atom stereocenters. The fourth-order valence-electron chi connectivity index (χ4n) is 1.65. The van der Waals surface area contributed by atoms with E-state index in [-0.39, 0.29) is 0 Å². The molecule has 1 aliphatic rings. The molecule has 0 spiro atoms. The number of rotatable bonds is 1. The molecular formula is C10H10N2. The van der Waals surface area contributed by atoms with Crippen LogP contribution in [0.1, 0.15) is 17.9 Å². The van der Waals surface area contributed by atoms with Crippen molar-refractivity contribution in [3.8, 4) is 6.07 Å². The molecule has 1 aliphatic heterocycles. The number of para-hydroxylation sites is 1. The van der Waals surface area contributed by atoms with E-state index in [2.05, 4.69) is 23.5 Å². The highest BCUT2D eigenvalue weighted by atomic mass is 14.9. The Morgan fingerprint density at radius 2 is 2.33 bits per heavy atom. The van der Waals surface area contributed by atoms with Crippen LogP contribution in [0.25, 0.3) is 0 Å². The van der Waals surface area contributed by atoms with Crippen LogP contribution in [0, 0.1) is 11.3 Å². The Hall–Kier alpha value is -1.49. The minimum atomic E-state index is 0.395. The molecule has 0 fully saturated rings. The number of fused-ring (bicyclic) bond motifs is 1. The van der Waals surface area contributed by atoms with Crippen LogP contribution < -0.4 is 5.32 Å². The lowest BCUT2D eigenvalue weighted by molar-refractivity contribution is 0.780. The molecule has 1 aromatic carbocycles. The number of nitrogens with zero attached hydrogens (tertiary/aromatic N) is 1. The van der Waals surface area contributed by atoms with Gasteiger partial charge in [0.25, 0.3) is 0 Å². The third kappa shape index (κ3) is 1.04. The summed E-state index contributed by atoms with van der Waals surface area (Å²) in [5, 5.41) is 11.9. The van der Waals surface area contributed by atoms with Crippen molar-refractivity contribution in [3.63, 3.8) is 0 Å². The fourth-order valence-corrected chi connectivity index (χ4v) is 1.65. The van der Waals surface area contributed by atoms with Crippen LogP contribution in [0.3, 0.4) is 0 Å². The number of hydrogen-bond donors (Lipinski definition) is 1. The second-order valence-electron chi connectivity index (χ2n) is 3.03. The van der Waals surface area contributed by atoms with Gasteiger partial charge >= 0.3 is 0 Å². The van der Waals surface area contributed by atoms with Gasteiger partial charge in [0.05, 0.1) is 6.07 Å².